The van der Waals surface area contributed by atoms with Crippen LogP contribution in [-0.2, 0) is 14.3 Å². The van der Waals surface area contributed by atoms with Crippen LogP contribution in [0.3, 0.4) is 0 Å². The van der Waals surface area contributed by atoms with E-state index in [1.54, 1.807) is 18.2 Å². The molecule has 0 saturated heterocycles. The number of nitrogens with zero attached hydrogens (tertiary/aromatic N) is 2. The van der Waals surface area contributed by atoms with Gasteiger partial charge in [-0.05, 0) is 37.6 Å². The molecular formula is C22H21N3O8. The van der Waals surface area contributed by atoms with Gasteiger partial charge in [0, 0.05) is 13.0 Å². The molecule has 1 heterocycles. The van der Waals surface area contributed by atoms with Crippen LogP contribution in [0.4, 0.5) is 11.4 Å². The van der Waals surface area contributed by atoms with Crippen LogP contribution >= 0.6 is 0 Å². The summed E-state index contributed by atoms with van der Waals surface area (Å²) in [4.78, 5) is 60.3. The van der Waals surface area contributed by atoms with E-state index in [1.165, 1.54) is 19.2 Å². The highest BCUT2D eigenvalue weighted by Crippen LogP contribution is 2.29. The van der Waals surface area contributed by atoms with Gasteiger partial charge in [-0.3, -0.25) is 34.2 Å². The largest absolute Gasteiger partial charge is 0.496 e. The first kappa shape index (κ1) is 23.4. The van der Waals surface area contributed by atoms with Crippen molar-refractivity contribution in [1.29, 1.82) is 0 Å². The minimum Gasteiger partial charge on any atom is -0.496 e. The molecule has 2 aromatic carbocycles. The number of hydrogen-bond donors (Lipinski definition) is 1. The van der Waals surface area contributed by atoms with Gasteiger partial charge in [0.2, 0.25) is 0 Å². The van der Waals surface area contributed by atoms with Gasteiger partial charge in [-0.15, -0.1) is 0 Å². The van der Waals surface area contributed by atoms with Crippen LogP contribution in [-0.4, -0.2) is 53.8 Å². The van der Waals surface area contributed by atoms with Gasteiger partial charge in [-0.1, -0.05) is 11.6 Å². The number of methoxy groups -OCH3 is 1. The summed E-state index contributed by atoms with van der Waals surface area (Å²) < 4.78 is 9.81. The molecule has 33 heavy (non-hydrogen) atoms. The molecule has 0 saturated carbocycles. The van der Waals surface area contributed by atoms with E-state index in [-0.39, 0.29) is 36.5 Å². The minimum absolute atomic E-state index is 0.0325. The van der Waals surface area contributed by atoms with Crippen molar-refractivity contribution in [3.8, 4) is 5.75 Å². The average molecular weight is 455 g/mol. The van der Waals surface area contributed by atoms with E-state index in [9.17, 15) is 29.3 Å². The van der Waals surface area contributed by atoms with Crippen molar-refractivity contribution >= 4 is 35.1 Å². The van der Waals surface area contributed by atoms with E-state index in [2.05, 4.69) is 5.32 Å². The molecule has 3 rings (SSSR count). The molecule has 0 radical (unpaired) electrons. The quantitative estimate of drug-likeness (QED) is 0.263. The van der Waals surface area contributed by atoms with Crippen molar-refractivity contribution in [2.45, 2.75) is 19.8 Å². The highest BCUT2D eigenvalue weighted by atomic mass is 16.6. The average Bonchev–Trinajstić information content (AvgIpc) is 3.02. The zero-order valence-electron chi connectivity index (χ0n) is 18.0. The first-order chi connectivity index (χ1) is 15.7. The number of hydrogen-bond acceptors (Lipinski definition) is 8. The number of nitro groups is 1. The fourth-order valence-corrected chi connectivity index (χ4v) is 3.29. The second-order valence-electron chi connectivity index (χ2n) is 7.26. The lowest BCUT2D eigenvalue weighted by atomic mass is 10.1. The first-order valence-electron chi connectivity index (χ1n) is 9.96. The molecule has 0 atom stereocenters. The summed E-state index contributed by atoms with van der Waals surface area (Å²) in [5, 5.41) is 13.5. The number of fused-ring (bicyclic) bond motifs is 1. The molecule has 0 bridgehead atoms. The maximum atomic E-state index is 12.4. The van der Waals surface area contributed by atoms with Crippen molar-refractivity contribution in [3.63, 3.8) is 0 Å². The predicted molar refractivity (Wildman–Crippen MR) is 115 cm³/mol. The van der Waals surface area contributed by atoms with Crippen molar-refractivity contribution in [2.75, 3.05) is 25.6 Å². The molecular weight excluding hydrogens is 434 g/mol. The molecule has 0 aromatic heterocycles. The molecule has 1 aliphatic heterocycles. The third-order valence-corrected chi connectivity index (χ3v) is 4.93. The Bertz CT molecular complexity index is 1140. The molecule has 172 valence electrons. The summed E-state index contributed by atoms with van der Waals surface area (Å²) in [6, 6.07) is 8.90. The van der Waals surface area contributed by atoms with Gasteiger partial charge in [-0.2, -0.15) is 0 Å². The van der Waals surface area contributed by atoms with Crippen molar-refractivity contribution in [1.82, 2.24) is 4.90 Å². The zero-order valence-corrected chi connectivity index (χ0v) is 18.0. The lowest BCUT2D eigenvalue weighted by molar-refractivity contribution is -0.384. The van der Waals surface area contributed by atoms with Crippen LogP contribution in [0, 0.1) is 17.0 Å². The van der Waals surface area contributed by atoms with Crippen molar-refractivity contribution in [2.24, 2.45) is 0 Å². The Labute approximate surface area is 188 Å². The third-order valence-electron chi connectivity index (χ3n) is 4.93. The zero-order chi connectivity index (χ0) is 24.1. The number of anilines is 1. The Morgan fingerprint density at radius 2 is 1.82 bits per heavy atom. The maximum Gasteiger partial charge on any atom is 0.306 e. The number of esters is 1. The minimum atomic E-state index is -0.757. The maximum absolute atomic E-state index is 12.4. The van der Waals surface area contributed by atoms with Gasteiger partial charge >= 0.3 is 5.97 Å². The fourth-order valence-electron chi connectivity index (χ4n) is 3.29. The Morgan fingerprint density at radius 3 is 2.52 bits per heavy atom. The van der Waals surface area contributed by atoms with E-state index in [4.69, 9.17) is 9.47 Å². The molecule has 1 aliphatic rings. The number of benzene rings is 2. The van der Waals surface area contributed by atoms with Gasteiger partial charge in [0.1, 0.15) is 11.4 Å². The molecule has 0 aliphatic carbocycles. The van der Waals surface area contributed by atoms with E-state index >= 15 is 0 Å². The normalized spacial score (nSPS) is 12.4. The van der Waals surface area contributed by atoms with Gasteiger partial charge < -0.3 is 14.8 Å². The fraction of sp³-hybridized carbons (Fsp3) is 0.273. The van der Waals surface area contributed by atoms with Crippen LogP contribution in [0.15, 0.2) is 36.4 Å². The summed E-state index contributed by atoms with van der Waals surface area (Å²) in [5.74, 6) is -2.04. The summed E-state index contributed by atoms with van der Waals surface area (Å²) in [5.41, 5.74) is 1.09. The molecule has 3 amide bonds. The van der Waals surface area contributed by atoms with Crippen LogP contribution in [0.5, 0.6) is 5.75 Å². The first-order valence-corrected chi connectivity index (χ1v) is 9.96. The third kappa shape index (κ3) is 5.32. The SMILES string of the molecule is COc1ccc(NC(=O)COC(=O)CCCN2C(=O)c3ccc(C)cc3C2=O)c([N+](=O)[O-])c1. The number of nitro benzene ring substituents is 1. The molecule has 1 N–H and O–H groups in total. The lowest BCUT2D eigenvalue weighted by Gasteiger charge is -2.13. The molecule has 11 heteroatoms. The Hall–Kier alpha value is -4.28. The molecule has 0 unspecified atom stereocenters. The van der Waals surface area contributed by atoms with E-state index < -0.39 is 35.2 Å². The summed E-state index contributed by atoms with van der Waals surface area (Å²) in [6.07, 6.45) is 0.0389. The van der Waals surface area contributed by atoms with Crippen molar-refractivity contribution < 1.29 is 33.6 Å². The van der Waals surface area contributed by atoms with Gasteiger partial charge in [0.05, 0.1) is 29.2 Å². The monoisotopic (exact) mass is 455 g/mol. The number of aryl methyl sites for hydroxylation is 1. The number of carbonyl (C=O) groups is 4. The molecule has 11 nitrogen and oxygen atoms in total. The highest BCUT2D eigenvalue weighted by Gasteiger charge is 2.35. The number of ether oxygens (including phenoxy) is 2. The Morgan fingerprint density at radius 1 is 1.09 bits per heavy atom. The number of imide groups is 1. The molecule has 2 aromatic rings. The van der Waals surface area contributed by atoms with E-state index in [0.717, 1.165) is 16.5 Å². The van der Waals surface area contributed by atoms with Crippen LogP contribution in [0.25, 0.3) is 0 Å². The van der Waals surface area contributed by atoms with Crippen LogP contribution < -0.4 is 10.1 Å². The van der Waals surface area contributed by atoms with E-state index in [0.29, 0.717) is 11.1 Å². The second-order valence-corrected chi connectivity index (χ2v) is 7.26. The van der Waals surface area contributed by atoms with Crippen LogP contribution in [0.2, 0.25) is 0 Å². The van der Waals surface area contributed by atoms with Gasteiger partial charge in [0.15, 0.2) is 6.61 Å². The van der Waals surface area contributed by atoms with Gasteiger partial charge in [0.25, 0.3) is 23.4 Å². The highest BCUT2D eigenvalue weighted by molar-refractivity contribution is 6.21. The second kappa shape index (κ2) is 9.90. The van der Waals surface area contributed by atoms with Gasteiger partial charge in [-0.25, -0.2) is 0 Å². The van der Waals surface area contributed by atoms with Crippen LogP contribution in [0.1, 0.15) is 39.1 Å². The summed E-state index contributed by atoms with van der Waals surface area (Å²) in [6.45, 7) is 1.21. The summed E-state index contributed by atoms with van der Waals surface area (Å²) >= 11 is 0. The molecule has 0 spiro atoms. The number of nitrogens with one attached hydrogen (secondary N) is 1. The smallest absolute Gasteiger partial charge is 0.306 e. The Kier molecular flexibility index (Phi) is 7.01. The summed E-state index contributed by atoms with van der Waals surface area (Å²) in [7, 11) is 1.35. The molecule has 0 fully saturated rings. The predicted octanol–water partition coefficient (Wildman–Crippen LogP) is 2.47. The lowest BCUT2D eigenvalue weighted by Crippen LogP contribution is -2.31. The number of rotatable bonds is 9. The van der Waals surface area contributed by atoms with E-state index in [1.807, 2.05) is 6.92 Å². The van der Waals surface area contributed by atoms with Crippen molar-refractivity contribution in [3.05, 3.63) is 63.2 Å². The topological polar surface area (TPSA) is 145 Å². The standard InChI is InChI=1S/C22H21N3O8/c1-13-5-7-15-16(10-13)22(29)24(21(15)28)9-3-4-20(27)33-12-19(26)23-17-8-6-14(32-2)11-18(17)25(30)31/h5-8,10-11H,3-4,9,12H2,1-2H3,(H,23,26). The number of amides is 3. The number of carbonyl (C=O) groups excluding carboxylic acids is 4. The Balaban J connectivity index is 1.46.